The lowest BCUT2D eigenvalue weighted by molar-refractivity contribution is -0.200. The van der Waals surface area contributed by atoms with Crippen LogP contribution in [0.25, 0.3) is 0 Å². The Hall–Kier alpha value is -2.16. The van der Waals surface area contributed by atoms with Crippen molar-refractivity contribution in [1.82, 2.24) is 5.32 Å². The van der Waals surface area contributed by atoms with Gasteiger partial charge in [-0.25, -0.2) is 4.79 Å². The molecule has 12 atom stereocenters. The number of carbonyl (C=O) groups is 3. The van der Waals surface area contributed by atoms with Gasteiger partial charge in [-0.05, 0) is 80.8 Å². The molecule has 6 aliphatic rings. The minimum absolute atomic E-state index is 0.0112. The summed E-state index contributed by atoms with van der Waals surface area (Å²) >= 11 is 0. The average Bonchev–Trinajstić information content (AvgIpc) is 3.55. The van der Waals surface area contributed by atoms with E-state index in [9.17, 15) is 24.4 Å². The third kappa shape index (κ3) is 6.99. The van der Waals surface area contributed by atoms with Gasteiger partial charge in [0, 0.05) is 36.1 Å². The van der Waals surface area contributed by atoms with E-state index < -0.39 is 56.2 Å². The van der Waals surface area contributed by atoms with E-state index >= 15 is 0 Å². The van der Waals surface area contributed by atoms with Crippen molar-refractivity contribution in [2.24, 2.45) is 40.4 Å². The number of hydrogen-bond acceptors (Lipinski definition) is 10. The lowest BCUT2D eigenvalue weighted by atomic mass is 9.46. The lowest BCUT2D eigenvalue weighted by Gasteiger charge is -2.59. The quantitative estimate of drug-likeness (QED) is 0.134. The first-order valence-electron chi connectivity index (χ1n) is 18.5. The molecule has 12 heteroatoms. The number of aliphatic hydroxyl groups is 1. The molecule has 50 heavy (non-hydrogen) atoms. The van der Waals surface area contributed by atoms with Gasteiger partial charge in [-0.3, -0.25) is 9.59 Å². The first-order valence-corrected chi connectivity index (χ1v) is 19.7. The molecule has 5 aliphatic carbocycles. The van der Waals surface area contributed by atoms with Crippen LogP contribution in [0.2, 0.25) is 0 Å². The third-order valence-corrected chi connectivity index (χ3v) is 13.6. The van der Waals surface area contributed by atoms with Crippen LogP contribution in [0.5, 0.6) is 0 Å². The molecule has 1 saturated heterocycles. The monoisotopic (exact) mass is 715 g/mol. The highest BCUT2D eigenvalue weighted by Crippen LogP contribution is 2.69. The molecule has 0 bridgehead atoms. The van der Waals surface area contributed by atoms with Crippen molar-refractivity contribution in [3.8, 4) is 11.8 Å². The Morgan fingerprint density at radius 2 is 1.94 bits per heavy atom. The van der Waals surface area contributed by atoms with Gasteiger partial charge in [0.25, 0.3) is 0 Å². The molecule has 1 aliphatic heterocycles. The zero-order valence-corrected chi connectivity index (χ0v) is 30.8. The van der Waals surface area contributed by atoms with Crippen LogP contribution >= 0.6 is 8.60 Å². The minimum Gasteiger partial charge on any atom is -0.449 e. The zero-order valence-electron chi connectivity index (χ0n) is 29.9. The summed E-state index contributed by atoms with van der Waals surface area (Å²) in [6, 6.07) is 0. The van der Waals surface area contributed by atoms with Gasteiger partial charge in [0.05, 0.1) is 25.4 Å². The Balaban J connectivity index is 1.05. The molecule has 0 aromatic carbocycles. The number of nitrogens with one attached hydrogen (secondary N) is 1. The fourth-order valence-corrected chi connectivity index (χ4v) is 10.8. The molecule has 276 valence electrons. The summed E-state index contributed by atoms with van der Waals surface area (Å²) in [5, 5.41) is 14.5. The highest BCUT2D eigenvalue weighted by atomic mass is 31.2. The van der Waals surface area contributed by atoms with Gasteiger partial charge in [-0.2, -0.15) is 0 Å². The molecular weight excluding hydrogens is 661 g/mol. The number of fused-ring (bicyclic) bond motifs is 7. The molecule has 1 heterocycles. The van der Waals surface area contributed by atoms with E-state index in [-0.39, 0.29) is 48.4 Å². The summed E-state index contributed by atoms with van der Waals surface area (Å²) < 4.78 is 29.5. The number of rotatable bonds is 12. The summed E-state index contributed by atoms with van der Waals surface area (Å²) in [5.41, 5.74) is -1.45. The number of aliphatic hydroxyl groups excluding tert-OH is 1. The Bertz CT molecular complexity index is 1420. The molecule has 1 amide bonds. The number of alkyl carbamates (subject to hydrolysis) is 1. The normalized spacial score (nSPS) is 40.8. The Morgan fingerprint density at radius 1 is 1.16 bits per heavy atom. The summed E-state index contributed by atoms with van der Waals surface area (Å²) in [4.78, 5) is 49.4. The van der Waals surface area contributed by atoms with E-state index in [1.807, 2.05) is 13.0 Å². The van der Waals surface area contributed by atoms with Crippen LogP contribution in [-0.2, 0) is 32.8 Å². The molecule has 0 aromatic rings. The maximum absolute atomic E-state index is 14.3. The number of ketones is 2. The van der Waals surface area contributed by atoms with Gasteiger partial charge in [-0.15, -0.1) is 11.8 Å². The first kappa shape index (κ1) is 37.6. The van der Waals surface area contributed by atoms with Gasteiger partial charge in [0.1, 0.15) is 6.61 Å². The number of amides is 1. The average molecular weight is 716 g/mol. The number of allylic oxidation sites excluding steroid dienone is 4. The van der Waals surface area contributed by atoms with Crippen LogP contribution in [0.15, 0.2) is 23.8 Å². The fourth-order valence-electron chi connectivity index (χ4n) is 10.3. The molecule has 0 radical (unpaired) electrons. The second kappa shape index (κ2) is 15.4. The summed E-state index contributed by atoms with van der Waals surface area (Å²) in [6.07, 6.45) is 10.5. The van der Waals surface area contributed by atoms with Gasteiger partial charge >= 0.3 is 14.7 Å². The van der Waals surface area contributed by atoms with E-state index in [4.69, 9.17) is 23.3 Å². The topological polar surface area (TPSA) is 150 Å². The lowest BCUT2D eigenvalue weighted by Crippen LogP contribution is -2.63. The Labute approximate surface area is 297 Å². The highest BCUT2D eigenvalue weighted by Gasteiger charge is 2.75. The highest BCUT2D eigenvalue weighted by molar-refractivity contribution is 7.40. The van der Waals surface area contributed by atoms with Crippen molar-refractivity contribution in [2.75, 3.05) is 26.4 Å². The molecule has 6 rings (SSSR count). The number of Topliss-reactive ketones (excluding diaryl/α,β-unsaturated/α-hetero) is 1. The molecule has 0 spiro atoms. The Kier molecular flexibility index (Phi) is 11.6. The molecule has 0 aromatic heterocycles. The smallest absolute Gasteiger partial charge is 0.407 e. The van der Waals surface area contributed by atoms with Crippen LogP contribution in [0.1, 0.15) is 91.9 Å². The largest absolute Gasteiger partial charge is 0.449 e. The second-order valence-corrected chi connectivity index (χ2v) is 16.6. The molecule has 12 unspecified atom stereocenters. The van der Waals surface area contributed by atoms with Crippen LogP contribution in [0, 0.1) is 52.3 Å². The van der Waals surface area contributed by atoms with E-state index in [1.165, 1.54) is 0 Å². The first-order chi connectivity index (χ1) is 23.9. The number of carbonyl (C=O) groups excluding carboxylic acids is 3. The van der Waals surface area contributed by atoms with E-state index in [2.05, 4.69) is 37.9 Å². The van der Waals surface area contributed by atoms with Crippen molar-refractivity contribution in [3.63, 3.8) is 0 Å². The maximum atomic E-state index is 14.3. The molecule has 3 N–H and O–H groups in total. The van der Waals surface area contributed by atoms with Gasteiger partial charge in [-0.1, -0.05) is 45.8 Å². The van der Waals surface area contributed by atoms with Gasteiger partial charge in [0.2, 0.25) is 0 Å². The second-order valence-electron chi connectivity index (χ2n) is 15.6. The van der Waals surface area contributed by atoms with Crippen molar-refractivity contribution in [2.45, 2.75) is 116 Å². The van der Waals surface area contributed by atoms with Crippen molar-refractivity contribution in [1.29, 1.82) is 0 Å². The molecular formula is C38H54NO10P. The summed E-state index contributed by atoms with van der Waals surface area (Å²) in [7, 11) is -2.42. The fraction of sp³-hybridized carbons (Fsp3) is 0.763. The third-order valence-electron chi connectivity index (χ3n) is 12.8. The van der Waals surface area contributed by atoms with E-state index in [0.29, 0.717) is 31.8 Å². The van der Waals surface area contributed by atoms with Crippen molar-refractivity contribution < 1.29 is 47.6 Å². The number of ether oxygens (including phenoxy) is 3. The standard InChI is InChI=1S/C38H54NO10P/c1-5-10-33-48-32-20-29-28-14-13-26-19-27(40)15-16-36(26,3)34(28)30(41)21-37(29,4)38(32,49-33)31(42)23-47-50(44)46-18-17-39-35(43)45-22-25-12-9-7-6-8-11-24(25)2/h15-16,19,24-25,28-30,32-34,41,44H,5,8-14,17-18,20-23H2,1-4H3,(H,39,43). The minimum atomic E-state index is -2.42. The van der Waals surface area contributed by atoms with Crippen molar-refractivity contribution >= 4 is 26.3 Å². The predicted molar refractivity (Wildman–Crippen MR) is 185 cm³/mol. The van der Waals surface area contributed by atoms with Crippen LogP contribution < -0.4 is 5.32 Å². The van der Waals surface area contributed by atoms with E-state index in [1.54, 1.807) is 12.2 Å². The zero-order chi connectivity index (χ0) is 35.7. The van der Waals surface area contributed by atoms with Gasteiger partial charge in [0.15, 0.2) is 23.5 Å². The summed E-state index contributed by atoms with van der Waals surface area (Å²) in [5.74, 6) is 6.71. The summed E-state index contributed by atoms with van der Waals surface area (Å²) in [6.45, 7) is 8.33. The predicted octanol–water partition coefficient (Wildman–Crippen LogP) is 5.53. The van der Waals surface area contributed by atoms with Crippen LogP contribution in [0.3, 0.4) is 0 Å². The molecule has 4 fully saturated rings. The molecule has 11 nitrogen and oxygen atoms in total. The van der Waals surface area contributed by atoms with Crippen LogP contribution in [0.4, 0.5) is 4.79 Å². The Morgan fingerprint density at radius 3 is 2.72 bits per heavy atom. The van der Waals surface area contributed by atoms with E-state index in [0.717, 1.165) is 50.5 Å². The van der Waals surface area contributed by atoms with Gasteiger partial charge < -0.3 is 38.6 Å². The molecule has 3 saturated carbocycles. The van der Waals surface area contributed by atoms with Crippen molar-refractivity contribution in [3.05, 3.63) is 23.8 Å². The maximum Gasteiger partial charge on any atom is 0.407 e. The number of hydrogen-bond donors (Lipinski definition) is 3. The SMILES string of the molecule is CCCC1OC2CC3C4CCC5=CC(=O)C=CC5(C)C4C(O)CC3(C)C2(C(=O)COP(O)OCCNC(=O)OCC2CCC#CCCC2C)O1. The van der Waals surface area contributed by atoms with Crippen LogP contribution in [-0.4, -0.2) is 78.1 Å².